The van der Waals surface area contributed by atoms with Gasteiger partial charge in [0.2, 0.25) is 0 Å². The van der Waals surface area contributed by atoms with Crippen molar-refractivity contribution in [1.82, 2.24) is 10.2 Å². The van der Waals surface area contributed by atoms with Crippen LogP contribution in [0.25, 0.3) is 0 Å². The Morgan fingerprint density at radius 3 is 2.57 bits per heavy atom. The molecule has 1 aromatic carbocycles. The Bertz CT molecular complexity index is 579. The van der Waals surface area contributed by atoms with E-state index in [-0.39, 0.29) is 6.54 Å². The summed E-state index contributed by atoms with van der Waals surface area (Å²) >= 11 is 0. The quantitative estimate of drug-likeness (QED) is 0.688. The summed E-state index contributed by atoms with van der Waals surface area (Å²) in [4.78, 5) is 11.5. The van der Waals surface area contributed by atoms with Crippen molar-refractivity contribution in [3.63, 3.8) is 0 Å². The van der Waals surface area contributed by atoms with Gasteiger partial charge in [0.1, 0.15) is 0 Å². The highest BCUT2D eigenvalue weighted by Gasteiger charge is 2.30. The third kappa shape index (κ3) is 3.98. The fourth-order valence-electron chi connectivity index (χ4n) is 1.88. The Balaban J connectivity index is 2.14. The number of nitro groups is 1. The highest BCUT2D eigenvalue weighted by molar-refractivity contribution is 5.25. The average Bonchev–Trinajstić information content (AvgIpc) is 2.40. The van der Waals surface area contributed by atoms with Crippen LogP contribution < -0.4 is 5.32 Å². The lowest BCUT2D eigenvalue weighted by Crippen LogP contribution is -2.32. The minimum Gasteiger partial charge on any atom is -0.363 e. The molecule has 112 valence electrons. The van der Waals surface area contributed by atoms with Crippen molar-refractivity contribution in [2.45, 2.75) is 12.7 Å². The van der Waals surface area contributed by atoms with E-state index in [0.29, 0.717) is 17.9 Å². The number of nitrogens with zero attached hydrogens (tertiary/aromatic N) is 2. The maximum absolute atomic E-state index is 12.5. The summed E-state index contributed by atoms with van der Waals surface area (Å²) in [6.45, 7) is 0.699. The van der Waals surface area contributed by atoms with Gasteiger partial charge in [0, 0.05) is 19.3 Å². The van der Waals surface area contributed by atoms with Crippen molar-refractivity contribution in [2.24, 2.45) is 0 Å². The van der Waals surface area contributed by atoms with E-state index in [4.69, 9.17) is 0 Å². The molecule has 1 N–H and O–H groups in total. The van der Waals surface area contributed by atoms with Crippen molar-refractivity contribution in [1.29, 1.82) is 0 Å². The SMILES string of the molecule is O=[N+]([O-])C=C1NCC=CN1Cc1ccc(C(F)(F)F)cc1. The van der Waals surface area contributed by atoms with Gasteiger partial charge in [-0.1, -0.05) is 12.1 Å². The second kappa shape index (κ2) is 5.86. The molecule has 0 bridgehead atoms. The van der Waals surface area contributed by atoms with Gasteiger partial charge in [0.05, 0.1) is 10.5 Å². The molecular formula is C13H12F3N3O2. The van der Waals surface area contributed by atoms with Gasteiger partial charge in [-0.15, -0.1) is 0 Å². The maximum Gasteiger partial charge on any atom is 0.416 e. The van der Waals surface area contributed by atoms with Gasteiger partial charge in [0.25, 0.3) is 6.20 Å². The predicted molar refractivity (Wildman–Crippen MR) is 69.2 cm³/mol. The summed E-state index contributed by atoms with van der Waals surface area (Å²) in [6, 6.07) is 4.70. The molecule has 0 fully saturated rings. The Kier molecular flexibility index (Phi) is 4.15. The average molecular weight is 299 g/mol. The number of halogens is 3. The zero-order valence-electron chi connectivity index (χ0n) is 10.8. The predicted octanol–water partition coefficient (Wildman–Crippen LogP) is 2.70. The number of nitrogens with one attached hydrogen (secondary N) is 1. The van der Waals surface area contributed by atoms with Crippen LogP contribution >= 0.6 is 0 Å². The van der Waals surface area contributed by atoms with Gasteiger partial charge in [-0.2, -0.15) is 13.2 Å². The van der Waals surface area contributed by atoms with Crippen LogP contribution in [0.2, 0.25) is 0 Å². The fraction of sp³-hybridized carbons (Fsp3) is 0.231. The van der Waals surface area contributed by atoms with Crippen LogP contribution in [0, 0.1) is 10.1 Å². The summed E-state index contributed by atoms with van der Waals surface area (Å²) in [5, 5.41) is 13.4. The van der Waals surface area contributed by atoms with E-state index in [9.17, 15) is 23.3 Å². The van der Waals surface area contributed by atoms with Crippen LogP contribution in [-0.2, 0) is 12.7 Å². The lowest BCUT2D eigenvalue weighted by Gasteiger charge is -2.26. The zero-order chi connectivity index (χ0) is 15.5. The Morgan fingerprint density at radius 1 is 1.33 bits per heavy atom. The maximum atomic E-state index is 12.5. The molecule has 1 aliphatic heterocycles. The van der Waals surface area contributed by atoms with E-state index >= 15 is 0 Å². The Labute approximate surface area is 118 Å². The van der Waals surface area contributed by atoms with Crippen LogP contribution in [0.4, 0.5) is 13.2 Å². The number of hydrogen-bond acceptors (Lipinski definition) is 4. The molecular weight excluding hydrogens is 287 g/mol. The van der Waals surface area contributed by atoms with E-state index in [2.05, 4.69) is 5.32 Å². The minimum atomic E-state index is -4.37. The molecule has 1 heterocycles. The lowest BCUT2D eigenvalue weighted by molar-refractivity contribution is -0.404. The first-order valence-electron chi connectivity index (χ1n) is 6.05. The molecule has 0 aromatic heterocycles. The molecule has 21 heavy (non-hydrogen) atoms. The minimum absolute atomic E-state index is 0.237. The summed E-state index contributed by atoms with van der Waals surface area (Å²) in [5.74, 6) is 0.294. The Morgan fingerprint density at radius 2 is 2.00 bits per heavy atom. The molecule has 0 unspecified atom stereocenters. The highest BCUT2D eigenvalue weighted by atomic mass is 19.4. The van der Waals surface area contributed by atoms with E-state index in [1.807, 2.05) is 0 Å². The largest absolute Gasteiger partial charge is 0.416 e. The molecule has 0 saturated carbocycles. The van der Waals surface area contributed by atoms with E-state index < -0.39 is 16.7 Å². The Hall–Kier alpha value is -2.51. The molecule has 0 atom stereocenters. The van der Waals surface area contributed by atoms with Gasteiger partial charge in [-0.3, -0.25) is 10.1 Å². The third-order valence-electron chi connectivity index (χ3n) is 2.86. The van der Waals surface area contributed by atoms with Crippen LogP contribution in [0.3, 0.4) is 0 Å². The third-order valence-corrected chi connectivity index (χ3v) is 2.86. The summed E-state index contributed by atoms with van der Waals surface area (Å²) in [6.07, 6.45) is -0.125. The lowest BCUT2D eigenvalue weighted by atomic mass is 10.1. The van der Waals surface area contributed by atoms with Gasteiger partial charge >= 0.3 is 6.18 Å². The second-order valence-electron chi connectivity index (χ2n) is 4.39. The fourth-order valence-corrected chi connectivity index (χ4v) is 1.88. The van der Waals surface area contributed by atoms with Crippen molar-refractivity contribution in [2.75, 3.05) is 6.54 Å². The summed E-state index contributed by atoms with van der Waals surface area (Å²) in [5.41, 5.74) is -0.106. The molecule has 0 radical (unpaired) electrons. The molecule has 5 nitrogen and oxygen atoms in total. The molecule has 2 rings (SSSR count). The first-order chi connectivity index (χ1) is 9.86. The number of rotatable bonds is 3. The smallest absolute Gasteiger partial charge is 0.363 e. The first-order valence-corrected chi connectivity index (χ1v) is 6.05. The van der Waals surface area contributed by atoms with Crippen molar-refractivity contribution in [3.05, 3.63) is 69.8 Å². The van der Waals surface area contributed by atoms with Crippen LogP contribution in [0.5, 0.6) is 0 Å². The van der Waals surface area contributed by atoms with E-state index in [1.165, 1.54) is 12.1 Å². The van der Waals surface area contributed by atoms with Crippen molar-refractivity contribution >= 4 is 0 Å². The molecule has 0 amide bonds. The standard InChI is InChI=1S/C13H12F3N3O2/c14-13(15,16)11-4-2-10(3-5-11)8-18-7-1-6-17-12(18)9-19(20)21/h1-5,7,9,17H,6,8H2. The normalized spacial score (nSPS) is 16.9. The van der Waals surface area contributed by atoms with Gasteiger partial charge in [-0.05, 0) is 23.8 Å². The zero-order valence-corrected chi connectivity index (χ0v) is 10.8. The topological polar surface area (TPSA) is 58.4 Å². The summed E-state index contributed by atoms with van der Waals surface area (Å²) < 4.78 is 37.4. The van der Waals surface area contributed by atoms with Crippen molar-refractivity contribution in [3.8, 4) is 0 Å². The van der Waals surface area contributed by atoms with Gasteiger partial charge < -0.3 is 10.2 Å². The van der Waals surface area contributed by atoms with Gasteiger partial charge in [-0.25, -0.2) is 0 Å². The van der Waals surface area contributed by atoms with Crippen LogP contribution in [0.1, 0.15) is 11.1 Å². The molecule has 0 aliphatic carbocycles. The summed E-state index contributed by atoms with van der Waals surface area (Å²) in [7, 11) is 0. The molecule has 0 saturated heterocycles. The molecule has 1 aromatic rings. The van der Waals surface area contributed by atoms with Crippen molar-refractivity contribution < 1.29 is 18.1 Å². The van der Waals surface area contributed by atoms with Crippen LogP contribution in [0.15, 0.2) is 48.6 Å². The monoisotopic (exact) mass is 299 g/mol. The second-order valence-corrected chi connectivity index (χ2v) is 4.39. The molecule has 1 aliphatic rings. The van der Waals surface area contributed by atoms with E-state index in [1.54, 1.807) is 17.2 Å². The van der Waals surface area contributed by atoms with Gasteiger partial charge in [0.15, 0.2) is 5.82 Å². The first kappa shape index (κ1) is 14.9. The van der Waals surface area contributed by atoms with E-state index in [0.717, 1.165) is 18.3 Å². The number of alkyl halides is 3. The van der Waals surface area contributed by atoms with Crippen LogP contribution in [-0.4, -0.2) is 16.4 Å². The number of benzene rings is 1. The molecule has 0 spiro atoms. The number of hydrogen-bond donors (Lipinski definition) is 1. The molecule has 8 heteroatoms. The highest BCUT2D eigenvalue weighted by Crippen LogP contribution is 2.29.